The van der Waals surface area contributed by atoms with Gasteiger partial charge < -0.3 is 23.8 Å². The molecule has 4 aliphatic heterocycles. The normalized spacial score (nSPS) is 15.6. The highest BCUT2D eigenvalue weighted by atomic mass is 16.5. The van der Waals surface area contributed by atoms with Crippen LogP contribution in [0.2, 0.25) is 0 Å². The highest BCUT2D eigenvalue weighted by Crippen LogP contribution is 2.65. The molecule has 0 saturated carbocycles. The molecule has 20 rings (SSSR count). The van der Waals surface area contributed by atoms with E-state index in [4.69, 9.17) is 15.0 Å². The summed E-state index contributed by atoms with van der Waals surface area (Å²) in [6.45, 7) is 12.7. The van der Waals surface area contributed by atoms with Gasteiger partial charge in [0.05, 0.1) is 33.1 Å². The first-order valence-electron chi connectivity index (χ1n) is 36.5. The van der Waals surface area contributed by atoms with Crippen LogP contribution in [0.4, 0.5) is 34.1 Å². The van der Waals surface area contributed by atoms with E-state index >= 15 is 0 Å². The zero-order valence-corrected chi connectivity index (χ0v) is 52.7. The zero-order chi connectivity index (χ0) is 69.6. The maximum absolute atomic E-state index is 9.68. The van der Waals surface area contributed by atoms with Crippen molar-refractivity contribution in [2.24, 2.45) is 0 Å². The van der Waals surface area contributed by atoms with E-state index < -0.39 is 48.4 Å². The molecule has 0 amide bonds. The number of ether oxygens (including phenoxy) is 2. The van der Waals surface area contributed by atoms with Crippen molar-refractivity contribution in [2.45, 2.75) is 57.8 Å². The average Bonchev–Trinajstić information content (AvgIpc) is 1.32. The Morgan fingerprint density at radius 2 is 0.809 bits per heavy atom. The number of rotatable bonds is 4. The number of hydrogen-bond acceptors (Lipinski definition) is 4. The summed E-state index contributed by atoms with van der Waals surface area (Å²) in [6, 6.07) is 78.0. The number of anilines is 6. The second kappa shape index (κ2) is 19.1. The molecule has 5 heterocycles. The minimum absolute atomic E-state index is 0.00225. The molecule has 0 bridgehead atoms. The van der Waals surface area contributed by atoms with Crippen LogP contribution in [0.15, 0.2) is 273 Å². The molecule has 0 fully saturated rings. The van der Waals surface area contributed by atoms with Crippen molar-refractivity contribution >= 4 is 102 Å². The Morgan fingerprint density at radius 3 is 1.35 bits per heavy atom. The average molecular weight is 1210 g/mol. The van der Waals surface area contributed by atoms with Gasteiger partial charge >= 0.3 is 0 Å². The van der Waals surface area contributed by atoms with Crippen LogP contribution in [0.25, 0.3) is 60.9 Å². The van der Waals surface area contributed by atoms with Crippen LogP contribution in [-0.4, -0.2) is 18.0 Å². The Morgan fingerprint density at radius 1 is 0.362 bits per heavy atom. The monoisotopic (exact) mass is 1210 g/mol. The van der Waals surface area contributed by atoms with E-state index in [9.17, 15) is 5.48 Å². The summed E-state index contributed by atoms with van der Waals surface area (Å²) in [5, 5.41) is -0.00450. The number of fused-ring (bicyclic) bond motifs is 21. The lowest BCUT2D eigenvalue weighted by atomic mass is 9.31. The second-order valence-electron chi connectivity index (χ2n) is 28.1. The number of hydrogen-bond donors (Lipinski definition) is 0. The van der Waals surface area contributed by atoms with Crippen LogP contribution >= 0.6 is 0 Å². The van der Waals surface area contributed by atoms with Gasteiger partial charge in [0.2, 0.25) is 0 Å². The molecule has 13 aromatic carbocycles. The molecule has 5 nitrogen and oxygen atoms in total. The van der Waals surface area contributed by atoms with E-state index in [2.05, 4.69) is 252 Å². The Bertz CT molecular complexity index is 6030. The fraction of sp³-hybridized carbons (Fsp3) is 0.103. The summed E-state index contributed by atoms with van der Waals surface area (Å²) in [5.41, 5.74) is 24.9. The predicted octanol–water partition coefficient (Wildman–Crippen LogP) is 18.2. The zero-order valence-electron chi connectivity index (χ0n) is 60.7. The van der Waals surface area contributed by atoms with Gasteiger partial charge in [-0.1, -0.05) is 236 Å². The first-order valence-corrected chi connectivity index (χ1v) is 32.5. The van der Waals surface area contributed by atoms with E-state index in [0.717, 1.165) is 95.1 Å². The van der Waals surface area contributed by atoms with Crippen LogP contribution in [0.3, 0.4) is 0 Å². The molecule has 6 aliphatic rings. The highest BCUT2D eigenvalue weighted by molar-refractivity contribution is 7.02. The third-order valence-electron chi connectivity index (χ3n) is 21.0. The number of para-hydroxylation sites is 4. The minimum atomic E-state index is -0.645. The quantitative estimate of drug-likeness (QED) is 0.164. The molecule has 0 atom stereocenters. The Balaban J connectivity index is 0.904. The molecule has 444 valence electrons. The van der Waals surface area contributed by atoms with Crippen LogP contribution in [-0.2, 0) is 16.2 Å². The van der Waals surface area contributed by atoms with Crippen molar-refractivity contribution < 1.29 is 20.4 Å². The molecule has 0 N–H and O–H groups in total. The largest absolute Gasteiger partial charge is 0.458 e. The molecular formula is C87H63B2N3O2. The summed E-state index contributed by atoms with van der Waals surface area (Å²) in [6.07, 6.45) is 0. The number of benzene rings is 13. The number of aromatic nitrogens is 1. The lowest BCUT2D eigenvalue weighted by Crippen LogP contribution is -2.63. The summed E-state index contributed by atoms with van der Waals surface area (Å²) < 4.78 is 90.7. The highest BCUT2D eigenvalue weighted by Gasteiger charge is 2.54. The van der Waals surface area contributed by atoms with Crippen LogP contribution < -0.4 is 52.1 Å². The first-order chi connectivity index (χ1) is 49.2. The van der Waals surface area contributed by atoms with Crippen molar-refractivity contribution in [3.8, 4) is 62.1 Å². The fourth-order valence-electron chi connectivity index (χ4n) is 17.0. The van der Waals surface area contributed by atoms with E-state index in [0.29, 0.717) is 17.2 Å². The van der Waals surface area contributed by atoms with E-state index in [1.165, 1.54) is 50.1 Å². The van der Waals surface area contributed by atoms with Gasteiger partial charge in [-0.2, -0.15) is 0 Å². The Hall–Kier alpha value is -11.0. The third-order valence-corrected chi connectivity index (χ3v) is 21.0. The standard InChI is InChI=1S/C87H63B2N3O2/c1-85(2,3)53-24-21-26-55(46-53)90-74-51-75-71(89-69-39-16-20-43-79(69)94-81-49-57(92-72-40-17-10-31-62(72)63-32-11-18-41-73(63)92)48-77(84(81)89)91(75)56-27-22-25-54(47-56)86(4,5)6)50-70(74)88-68-38-15-19-42-78(68)93-80-45-52(44-76(90)83(80)88)58-33-23-34-64-61-30-9-14-37-67(61)87(82(58)64)65-35-12-7-28-59(65)60-29-8-13-36-66(60)87/h7-51H,1-6H3/i10D,11D,17D,18D,31D,32D,40D,41D. The molecule has 7 heteroatoms. The van der Waals surface area contributed by atoms with Gasteiger partial charge in [0.15, 0.2) is 0 Å². The Kier molecular flexibility index (Phi) is 9.35. The van der Waals surface area contributed by atoms with Gasteiger partial charge in [0.1, 0.15) is 23.0 Å². The van der Waals surface area contributed by atoms with Crippen molar-refractivity contribution in [3.05, 3.63) is 306 Å². The topological polar surface area (TPSA) is 29.9 Å². The van der Waals surface area contributed by atoms with E-state index in [1.54, 1.807) is 4.57 Å². The van der Waals surface area contributed by atoms with Crippen molar-refractivity contribution in [1.82, 2.24) is 4.57 Å². The third kappa shape index (κ3) is 7.22. The molecule has 14 aromatic rings. The smallest absolute Gasteiger partial charge is 0.256 e. The van der Waals surface area contributed by atoms with Crippen molar-refractivity contribution in [2.75, 3.05) is 9.80 Å². The molecule has 0 saturated heterocycles. The molecule has 0 unspecified atom stereocenters. The van der Waals surface area contributed by atoms with Gasteiger partial charge in [0, 0.05) is 51.0 Å². The van der Waals surface area contributed by atoms with Crippen LogP contribution in [0.1, 0.15) is 85.9 Å². The van der Waals surface area contributed by atoms with Crippen molar-refractivity contribution in [1.29, 1.82) is 0 Å². The maximum Gasteiger partial charge on any atom is 0.256 e. The van der Waals surface area contributed by atoms with Gasteiger partial charge in [-0.15, -0.1) is 0 Å². The number of nitrogens with zero attached hydrogens (tertiary/aromatic N) is 3. The summed E-state index contributed by atoms with van der Waals surface area (Å²) in [7, 11) is 0. The van der Waals surface area contributed by atoms with Crippen molar-refractivity contribution in [3.63, 3.8) is 0 Å². The van der Waals surface area contributed by atoms with Gasteiger partial charge in [-0.3, -0.25) is 0 Å². The minimum Gasteiger partial charge on any atom is -0.458 e. The second-order valence-corrected chi connectivity index (χ2v) is 28.1. The lowest BCUT2D eigenvalue weighted by molar-refractivity contribution is 0.487. The fourth-order valence-corrected chi connectivity index (χ4v) is 17.0. The molecular weight excluding hydrogens is 1140 g/mol. The molecule has 94 heavy (non-hydrogen) atoms. The molecule has 1 spiro atoms. The first kappa shape index (κ1) is 46.1. The van der Waals surface area contributed by atoms with Gasteiger partial charge in [0.25, 0.3) is 13.4 Å². The van der Waals surface area contributed by atoms with E-state index in [1.807, 2.05) is 24.3 Å². The lowest BCUT2D eigenvalue weighted by Gasteiger charge is -2.44. The SMILES string of the molecule is [2H]c1c([2H])c([2H])c2c(c1[2H])c1c([2H])c([2H])c([2H])c([2H])c1n2-c1cc2c3c(c1)N(c1cccc(C(C)(C)C)c1)c1cc4c(cc1B3c1ccccc1O2)B1c2ccccc2Oc2cc(-c3cccc5c3C3(c6ccccc6-c6ccccc63)c3ccccc3-5)cc(c21)N4c1cccc(C(C)(C)C)c1. The Labute approximate surface area is 560 Å². The summed E-state index contributed by atoms with van der Waals surface area (Å²) in [5.74, 6) is 2.68. The molecule has 0 radical (unpaired) electrons. The van der Waals surface area contributed by atoms with Gasteiger partial charge in [-0.05, 0) is 183 Å². The van der Waals surface area contributed by atoms with E-state index in [-0.39, 0.29) is 51.4 Å². The molecule has 2 aliphatic carbocycles. The van der Waals surface area contributed by atoms with Crippen LogP contribution in [0, 0.1) is 0 Å². The summed E-state index contributed by atoms with van der Waals surface area (Å²) >= 11 is 0. The molecule has 1 aromatic heterocycles. The predicted molar refractivity (Wildman–Crippen MR) is 392 cm³/mol. The van der Waals surface area contributed by atoms with Gasteiger partial charge in [-0.25, -0.2) is 0 Å². The maximum atomic E-state index is 9.68. The summed E-state index contributed by atoms with van der Waals surface area (Å²) in [4.78, 5) is 4.80. The van der Waals surface area contributed by atoms with Crippen LogP contribution in [0.5, 0.6) is 23.0 Å².